The number of esters is 4. The van der Waals surface area contributed by atoms with E-state index in [9.17, 15) is 43.2 Å². The number of hydrogen-bond donors (Lipinski definition) is 3. The molecule has 0 aromatic heterocycles. The van der Waals surface area contributed by atoms with Crippen molar-refractivity contribution in [3.63, 3.8) is 0 Å². The summed E-state index contributed by atoms with van der Waals surface area (Å²) < 4.78 is 67.9. The maximum absolute atomic E-state index is 13.0. The van der Waals surface area contributed by atoms with Crippen molar-refractivity contribution in [3.05, 3.63) is 0 Å². The lowest BCUT2D eigenvalue weighted by molar-refractivity contribution is -0.161. The van der Waals surface area contributed by atoms with Gasteiger partial charge in [-0.05, 0) is 37.5 Å². The molecule has 0 fully saturated rings. The predicted molar refractivity (Wildman–Crippen MR) is 326 cm³/mol. The van der Waals surface area contributed by atoms with Crippen LogP contribution in [0.1, 0.15) is 311 Å². The minimum atomic E-state index is -4.94. The third-order valence-electron chi connectivity index (χ3n) is 14.5. The van der Waals surface area contributed by atoms with Crippen molar-refractivity contribution in [1.29, 1.82) is 0 Å². The molecule has 0 saturated heterocycles. The molecule has 0 aromatic carbocycles. The zero-order valence-electron chi connectivity index (χ0n) is 52.8. The first-order chi connectivity index (χ1) is 39.4. The molecule has 5 atom stereocenters. The average molecular weight is 1210 g/mol. The number of aliphatic hydroxyl groups is 1. The molecule has 0 rings (SSSR count). The second-order valence-corrected chi connectivity index (χ2v) is 26.7. The number of unbranched alkanes of at least 4 members (excludes halogenated alkanes) is 32. The normalized spacial score (nSPS) is 14.3. The molecule has 0 saturated carbocycles. The fourth-order valence-electron chi connectivity index (χ4n) is 9.35. The van der Waals surface area contributed by atoms with Gasteiger partial charge in [-0.1, -0.05) is 260 Å². The average Bonchev–Trinajstić information content (AvgIpc) is 3.44. The van der Waals surface area contributed by atoms with Crippen LogP contribution in [0.15, 0.2) is 0 Å². The molecule has 0 aromatic rings. The van der Waals surface area contributed by atoms with Crippen molar-refractivity contribution in [3.8, 4) is 0 Å². The Kier molecular flexibility index (Phi) is 54.3. The molecule has 82 heavy (non-hydrogen) atoms. The Hall–Kier alpha value is -1.94. The first kappa shape index (κ1) is 80.1. The molecular formula is C63H122O17P2. The molecular weight excluding hydrogens is 1090 g/mol. The molecule has 19 heteroatoms. The van der Waals surface area contributed by atoms with Gasteiger partial charge < -0.3 is 33.8 Å². The van der Waals surface area contributed by atoms with Gasteiger partial charge in [0.2, 0.25) is 0 Å². The van der Waals surface area contributed by atoms with E-state index >= 15 is 0 Å². The van der Waals surface area contributed by atoms with Gasteiger partial charge in [-0.2, -0.15) is 0 Å². The highest BCUT2D eigenvalue weighted by Gasteiger charge is 2.30. The number of ether oxygens (including phenoxy) is 4. The van der Waals surface area contributed by atoms with Crippen LogP contribution in [0.3, 0.4) is 0 Å². The highest BCUT2D eigenvalue weighted by molar-refractivity contribution is 7.47. The van der Waals surface area contributed by atoms with Crippen LogP contribution in [0, 0.1) is 11.8 Å². The number of carbonyl (C=O) groups excluding carboxylic acids is 4. The molecule has 0 aliphatic carbocycles. The Bertz CT molecular complexity index is 1620. The van der Waals surface area contributed by atoms with Crippen LogP contribution in [0.5, 0.6) is 0 Å². The number of hydrogen-bond acceptors (Lipinski definition) is 15. The smallest absolute Gasteiger partial charge is 0.462 e. The Morgan fingerprint density at radius 2 is 0.561 bits per heavy atom. The third kappa shape index (κ3) is 57.2. The van der Waals surface area contributed by atoms with Crippen LogP contribution in [0.4, 0.5) is 0 Å². The molecule has 0 aliphatic rings. The number of carbonyl (C=O) groups is 4. The van der Waals surface area contributed by atoms with Crippen LogP contribution in [-0.4, -0.2) is 96.7 Å². The molecule has 0 spiro atoms. The van der Waals surface area contributed by atoms with Crippen LogP contribution in [0.25, 0.3) is 0 Å². The van der Waals surface area contributed by atoms with E-state index in [0.29, 0.717) is 31.6 Å². The number of aliphatic hydroxyl groups excluding tert-OH is 1. The lowest BCUT2D eigenvalue weighted by atomic mass is 10.0. The van der Waals surface area contributed by atoms with E-state index in [4.69, 9.17) is 37.0 Å². The minimum absolute atomic E-state index is 0.105. The molecule has 0 bridgehead atoms. The molecule has 2 unspecified atom stereocenters. The lowest BCUT2D eigenvalue weighted by Gasteiger charge is -2.21. The van der Waals surface area contributed by atoms with E-state index in [1.54, 1.807) is 0 Å². The van der Waals surface area contributed by atoms with Gasteiger partial charge in [0.25, 0.3) is 0 Å². The fourth-order valence-corrected chi connectivity index (χ4v) is 10.9. The molecule has 17 nitrogen and oxygen atoms in total. The Labute approximate surface area is 498 Å². The van der Waals surface area contributed by atoms with Crippen LogP contribution >= 0.6 is 15.6 Å². The molecule has 3 N–H and O–H groups in total. The Morgan fingerprint density at radius 1 is 0.329 bits per heavy atom. The maximum Gasteiger partial charge on any atom is 0.472 e. The fraction of sp³-hybridized carbons (Fsp3) is 0.937. The summed E-state index contributed by atoms with van der Waals surface area (Å²) in [5.41, 5.74) is 0. The highest BCUT2D eigenvalue weighted by Crippen LogP contribution is 2.45. The van der Waals surface area contributed by atoms with Crippen molar-refractivity contribution < 1.29 is 80.2 Å². The summed E-state index contributed by atoms with van der Waals surface area (Å²) in [7, 11) is -9.88. The van der Waals surface area contributed by atoms with Gasteiger partial charge in [0.15, 0.2) is 12.2 Å². The van der Waals surface area contributed by atoms with Crippen LogP contribution < -0.4 is 0 Å². The van der Waals surface area contributed by atoms with E-state index < -0.39 is 97.5 Å². The predicted octanol–water partition coefficient (Wildman–Crippen LogP) is 17.3. The summed E-state index contributed by atoms with van der Waals surface area (Å²) in [6.45, 7) is 9.40. The van der Waals surface area contributed by atoms with Gasteiger partial charge in [-0.3, -0.25) is 37.3 Å². The maximum atomic E-state index is 13.0. The van der Waals surface area contributed by atoms with E-state index in [-0.39, 0.29) is 25.7 Å². The van der Waals surface area contributed by atoms with E-state index in [1.165, 1.54) is 122 Å². The zero-order valence-corrected chi connectivity index (χ0v) is 54.6. The summed E-state index contributed by atoms with van der Waals surface area (Å²) in [4.78, 5) is 72.1. The molecule has 0 aliphatic heterocycles. The van der Waals surface area contributed by atoms with Crippen LogP contribution in [0.2, 0.25) is 0 Å². The Balaban J connectivity index is 5.23. The summed E-state index contributed by atoms with van der Waals surface area (Å²) >= 11 is 0. The first-order valence-corrected chi connectivity index (χ1v) is 36.0. The first-order valence-electron chi connectivity index (χ1n) is 33.0. The molecule has 0 amide bonds. The number of phosphoric acid groups is 2. The van der Waals surface area contributed by atoms with Gasteiger partial charge in [-0.25, -0.2) is 9.13 Å². The van der Waals surface area contributed by atoms with E-state index in [2.05, 4.69) is 41.5 Å². The van der Waals surface area contributed by atoms with E-state index in [1.807, 2.05) is 0 Å². The molecule has 0 heterocycles. The monoisotopic (exact) mass is 1210 g/mol. The summed E-state index contributed by atoms with van der Waals surface area (Å²) in [6, 6.07) is 0. The van der Waals surface area contributed by atoms with Crippen LogP contribution in [-0.2, 0) is 65.4 Å². The van der Waals surface area contributed by atoms with E-state index in [0.717, 1.165) is 102 Å². The Morgan fingerprint density at radius 3 is 0.829 bits per heavy atom. The standard InChI is InChI=1S/C63H122O17P2/c1-7-9-11-13-15-17-22-28-35-41-47-62(67)79-58(51-73-60(65)45-39-33-27-20-16-14-12-10-8-2)53-77-81(69,70)75-49-57(64)50-76-82(71,72)78-54-59(52-74-61(66)46-40-34-30-24-26-32-38-44-56(5)6)80-63(68)48-42-36-29-23-19-18-21-25-31-37-43-55(3)4/h55-59,64H,7-54H2,1-6H3,(H,69,70)(H,71,72)/t57-,58+,59+/m0/s1. The lowest BCUT2D eigenvalue weighted by Crippen LogP contribution is -2.30. The second kappa shape index (κ2) is 55.6. The molecule has 486 valence electrons. The largest absolute Gasteiger partial charge is 0.472 e. The summed E-state index contributed by atoms with van der Waals surface area (Å²) in [5, 5.41) is 10.5. The van der Waals surface area contributed by atoms with Gasteiger partial charge in [0, 0.05) is 25.7 Å². The van der Waals surface area contributed by atoms with Crippen molar-refractivity contribution in [2.24, 2.45) is 11.8 Å². The third-order valence-corrected chi connectivity index (χ3v) is 16.4. The van der Waals surface area contributed by atoms with Crippen molar-refractivity contribution in [2.75, 3.05) is 39.6 Å². The van der Waals surface area contributed by atoms with Crippen molar-refractivity contribution >= 4 is 39.5 Å². The molecule has 0 radical (unpaired) electrons. The highest BCUT2D eigenvalue weighted by atomic mass is 31.2. The van der Waals surface area contributed by atoms with Crippen molar-refractivity contribution in [2.45, 2.75) is 330 Å². The van der Waals surface area contributed by atoms with Gasteiger partial charge in [-0.15, -0.1) is 0 Å². The second-order valence-electron chi connectivity index (χ2n) is 23.7. The minimum Gasteiger partial charge on any atom is -0.462 e. The summed E-state index contributed by atoms with van der Waals surface area (Å²) in [5.74, 6) is -0.680. The zero-order chi connectivity index (χ0) is 60.8. The van der Waals surface area contributed by atoms with Crippen molar-refractivity contribution in [1.82, 2.24) is 0 Å². The quantitative estimate of drug-likeness (QED) is 0.0222. The van der Waals surface area contributed by atoms with Gasteiger partial charge in [0.05, 0.1) is 26.4 Å². The SMILES string of the molecule is CCCCCCCCCCCCC(=O)O[C@H](COC(=O)CCCCCCCCCCC)COP(=O)(O)OC[C@H](O)COP(=O)(O)OC[C@@H](COC(=O)CCCCCCCCCC(C)C)OC(=O)CCCCCCCCCCCCC(C)C. The van der Waals surface area contributed by atoms with Gasteiger partial charge >= 0.3 is 39.5 Å². The topological polar surface area (TPSA) is 237 Å². The number of phosphoric ester groups is 2. The van der Waals surface area contributed by atoms with Gasteiger partial charge in [0.1, 0.15) is 19.3 Å². The number of rotatable bonds is 62. The summed E-state index contributed by atoms with van der Waals surface area (Å²) in [6.07, 6.45) is 37.6.